The van der Waals surface area contributed by atoms with Gasteiger partial charge < -0.3 is 19.6 Å². The standard InChI is InChI=1S/C29H30ClN7O4/c1-34(29(39)40)20-8-6-19(7-9-20)25-32-26(35-14-16-41-17-15-35)23-18-31-37(27(23)33-25)21-10-12-36(13-11-21)28(38)22-4-2-3-5-24(22)30/h2-9,18,21H,10-17H2,1H3,(H,39,40). The highest BCUT2D eigenvalue weighted by Gasteiger charge is 2.29. The van der Waals surface area contributed by atoms with Gasteiger partial charge in [-0.25, -0.2) is 19.4 Å². The Balaban J connectivity index is 1.31. The molecule has 2 amide bonds. The maximum atomic E-state index is 13.1. The van der Waals surface area contributed by atoms with Gasteiger partial charge in [0.15, 0.2) is 11.5 Å². The number of carboxylic acid groups (broad SMARTS) is 1. The van der Waals surface area contributed by atoms with Gasteiger partial charge in [0, 0.05) is 44.5 Å². The van der Waals surface area contributed by atoms with Gasteiger partial charge in [0.2, 0.25) is 0 Å². The Kier molecular flexibility index (Phi) is 7.46. The summed E-state index contributed by atoms with van der Waals surface area (Å²) >= 11 is 6.28. The van der Waals surface area contributed by atoms with E-state index >= 15 is 0 Å². The van der Waals surface area contributed by atoms with E-state index in [1.807, 2.05) is 40.0 Å². The molecule has 2 aliphatic heterocycles. The first-order valence-corrected chi connectivity index (χ1v) is 14.0. The molecule has 0 unspecified atom stereocenters. The lowest BCUT2D eigenvalue weighted by Gasteiger charge is -2.32. The Morgan fingerprint density at radius 2 is 1.71 bits per heavy atom. The lowest BCUT2D eigenvalue weighted by molar-refractivity contribution is 0.0691. The van der Waals surface area contributed by atoms with Crippen molar-refractivity contribution in [1.82, 2.24) is 24.6 Å². The molecule has 11 nitrogen and oxygen atoms in total. The minimum atomic E-state index is -1.03. The van der Waals surface area contributed by atoms with Crippen LogP contribution in [0.25, 0.3) is 22.4 Å². The molecule has 41 heavy (non-hydrogen) atoms. The van der Waals surface area contributed by atoms with Crippen molar-refractivity contribution in [2.24, 2.45) is 0 Å². The molecule has 1 N–H and O–H groups in total. The van der Waals surface area contributed by atoms with Crippen LogP contribution in [0.4, 0.5) is 16.3 Å². The zero-order valence-electron chi connectivity index (χ0n) is 22.6. The molecule has 0 atom stereocenters. The minimum absolute atomic E-state index is 0.0596. The van der Waals surface area contributed by atoms with Crippen LogP contribution < -0.4 is 9.80 Å². The molecule has 0 spiro atoms. The van der Waals surface area contributed by atoms with Gasteiger partial charge in [-0.1, -0.05) is 23.7 Å². The fraction of sp³-hybridized carbons (Fsp3) is 0.345. The van der Waals surface area contributed by atoms with E-state index < -0.39 is 6.09 Å². The second-order valence-electron chi connectivity index (χ2n) is 10.2. The lowest BCUT2D eigenvalue weighted by Crippen LogP contribution is -2.39. The fourth-order valence-electron chi connectivity index (χ4n) is 5.39. The summed E-state index contributed by atoms with van der Waals surface area (Å²) in [7, 11) is 1.50. The van der Waals surface area contributed by atoms with Crippen molar-refractivity contribution < 1.29 is 19.4 Å². The summed E-state index contributed by atoms with van der Waals surface area (Å²) in [6.45, 7) is 3.82. The van der Waals surface area contributed by atoms with Gasteiger partial charge in [-0.05, 0) is 49.2 Å². The van der Waals surface area contributed by atoms with E-state index in [1.165, 1.54) is 7.05 Å². The number of carbonyl (C=O) groups is 2. The molecule has 2 aromatic heterocycles. The van der Waals surface area contributed by atoms with Crippen LogP contribution in [0.3, 0.4) is 0 Å². The number of carbonyl (C=O) groups excluding carboxylic acids is 1. The number of hydrogen-bond acceptors (Lipinski definition) is 7. The van der Waals surface area contributed by atoms with Crippen LogP contribution in [0, 0.1) is 0 Å². The average Bonchev–Trinajstić information content (AvgIpc) is 3.45. The van der Waals surface area contributed by atoms with E-state index in [-0.39, 0.29) is 11.9 Å². The van der Waals surface area contributed by atoms with Crippen molar-refractivity contribution in [1.29, 1.82) is 0 Å². The van der Waals surface area contributed by atoms with Gasteiger partial charge in [0.05, 0.1) is 41.4 Å². The number of amides is 2. The molecule has 12 heteroatoms. The van der Waals surface area contributed by atoms with E-state index in [1.54, 1.807) is 24.3 Å². The summed E-state index contributed by atoms with van der Waals surface area (Å²) in [6, 6.07) is 14.4. The fourth-order valence-corrected chi connectivity index (χ4v) is 5.60. The van der Waals surface area contributed by atoms with Gasteiger partial charge in [0.25, 0.3) is 5.91 Å². The second-order valence-corrected chi connectivity index (χ2v) is 10.6. The lowest BCUT2D eigenvalue weighted by atomic mass is 10.0. The Morgan fingerprint density at radius 1 is 1.00 bits per heavy atom. The normalized spacial score (nSPS) is 16.2. The van der Waals surface area contributed by atoms with Crippen LogP contribution in [0.15, 0.2) is 54.7 Å². The summed E-state index contributed by atoms with van der Waals surface area (Å²) in [5.41, 5.74) is 2.58. The third kappa shape index (κ3) is 5.30. The molecule has 2 aliphatic rings. The summed E-state index contributed by atoms with van der Waals surface area (Å²) < 4.78 is 7.54. The monoisotopic (exact) mass is 575 g/mol. The zero-order chi connectivity index (χ0) is 28.5. The van der Waals surface area contributed by atoms with Crippen molar-refractivity contribution in [2.75, 3.05) is 56.2 Å². The predicted octanol–water partition coefficient (Wildman–Crippen LogP) is 4.57. The molecular weight excluding hydrogens is 546 g/mol. The Bertz CT molecular complexity index is 1580. The van der Waals surface area contributed by atoms with Gasteiger partial charge in [-0.3, -0.25) is 9.69 Å². The average molecular weight is 576 g/mol. The van der Waals surface area contributed by atoms with Crippen molar-refractivity contribution in [2.45, 2.75) is 18.9 Å². The molecule has 0 radical (unpaired) electrons. The molecule has 2 aromatic carbocycles. The topological polar surface area (TPSA) is 117 Å². The highest BCUT2D eigenvalue weighted by Crippen LogP contribution is 2.33. The number of rotatable bonds is 5. The smallest absolute Gasteiger partial charge is 0.411 e. The maximum absolute atomic E-state index is 13.1. The third-order valence-electron chi connectivity index (χ3n) is 7.75. The molecule has 4 heterocycles. The highest BCUT2D eigenvalue weighted by molar-refractivity contribution is 6.33. The number of fused-ring (bicyclic) bond motifs is 1. The largest absolute Gasteiger partial charge is 0.465 e. The van der Waals surface area contributed by atoms with Gasteiger partial charge >= 0.3 is 6.09 Å². The van der Waals surface area contributed by atoms with E-state index in [9.17, 15) is 14.7 Å². The van der Waals surface area contributed by atoms with Gasteiger partial charge in [-0.2, -0.15) is 5.10 Å². The van der Waals surface area contributed by atoms with Crippen molar-refractivity contribution in [3.8, 4) is 11.4 Å². The third-order valence-corrected chi connectivity index (χ3v) is 8.08. The first kappa shape index (κ1) is 27.0. The summed E-state index contributed by atoms with van der Waals surface area (Å²) in [4.78, 5) is 39.6. The molecule has 0 saturated carbocycles. The van der Waals surface area contributed by atoms with Crippen LogP contribution in [-0.4, -0.2) is 88.2 Å². The zero-order valence-corrected chi connectivity index (χ0v) is 23.4. The van der Waals surface area contributed by atoms with Crippen molar-refractivity contribution >= 4 is 46.1 Å². The highest BCUT2D eigenvalue weighted by atomic mass is 35.5. The first-order chi connectivity index (χ1) is 19.9. The molecular formula is C29H30ClN7O4. The molecule has 212 valence electrons. The molecule has 6 rings (SSSR count). The Morgan fingerprint density at radius 3 is 2.39 bits per heavy atom. The number of piperidine rings is 1. The first-order valence-electron chi connectivity index (χ1n) is 13.6. The summed E-state index contributed by atoms with van der Waals surface area (Å²) in [6.07, 6.45) is 2.26. The number of morpholine rings is 1. The number of nitrogens with zero attached hydrogens (tertiary/aromatic N) is 7. The Hall–Kier alpha value is -4.22. The maximum Gasteiger partial charge on any atom is 0.411 e. The van der Waals surface area contributed by atoms with Crippen LogP contribution in [0.2, 0.25) is 5.02 Å². The van der Waals surface area contributed by atoms with E-state index in [0.717, 1.165) is 40.2 Å². The van der Waals surface area contributed by atoms with E-state index in [0.29, 0.717) is 61.5 Å². The second kappa shape index (κ2) is 11.3. The minimum Gasteiger partial charge on any atom is -0.465 e. The van der Waals surface area contributed by atoms with Gasteiger partial charge in [-0.15, -0.1) is 0 Å². The summed E-state index contributed by atoms with van der Waals surface area (Å²) in [5.74, 6) is 1.28. The SMILES string of the molecule is CN(C(=O)O)c1ccc(-c2nc(N3CCOCC3)c3cnn(C4CCN(C(=O)c5ccccc5Cl)CC4)c3n2)cc1. The predicted molar refractivity (Wildman–Crippen MR) is 156 cm³/mol. The number of hydrogen-bond donors (Lipinski definition) is 1. The summed E-state index contributed by atoms with van der Waals surface area (Å²) in [5, 5.41) is 15.4. The van der Waals surface area contributed by atoms with Crippen molar-refractivity contribution in [3.05, 3.63) is 65.3 Å². The Labute approximate surface area is 241 Å². The molecule has 2 fully saturated rings. The number of benzene rings is 2. The van der Waals surface area contributed by atoms with Crippen LogP contribution in [0.1, 0.15) is 29.2 Å². The van der Waals surface area contributed by atoms with Crippen molar-refractivity contribution in [3.63, 3.8) is 0 Å². The van der Waals surface area contributed by atoms with E-state index in [2.05, 4.69) is 4.90 Å². The number of likely N-dealkylation sites (tertiary alicyclic amines) is 1. The van der Waals surface area contributed by atoms with Gasteiger partial charge in [0.1, 0.15) is 5.82 Å². The number of anilines is 2. The molecule has 2 saturated heterocycles. The van der Waals surface area contributed by atoms with Crippen LogP contribution in [0.5, 0.6) is 0 Å². The number of ether oxygens (including phenoxy) is 1. The van der Waals surface area contributed by atoms with Crippen LogP contribution in [-0.2, 0) is 4.74 Å². The quantitative estimate of drug-likeness (QED) is 0.368. The van der Waals surface area contributed by atoms with Crippen LogP contribution >= 0.6 is 11.6 Å². The number of halogens is 1. The molecule has 4 aromatic rings. The molecule has 0 aliphatic carbocycles. The molecule has 0 bridgehead atoms. The number of aromatic nitrogens is 4. The van der Waals surface area contributed by atoms with E-state index in [4.69, 9.17) is 31.4 Å².